The molecular formula is C14H24BrN3O. The van der Waals surface area contributed by atoms with E-state index < -0.39 is 0 Å². The van der Waals surface area contributed by atoms with Crippen LogP contribution < -0.4 is 5.32 Å². The summed E-state index contributed by atoms with van der Waals surface area (Å²) < 4.78 is 8.90. The van der Waals surface area contributed by atoms with Crippen LogP contribution in [-0.2, 0) is 11.3 Å². The van der Waals surface area contributed by atoms with Crippen LogP contribution in [-0.4, -0.2) is 29.5 Å². The summed E-state index contributed by atoms with van der Waals surface area (Å²) in [5, 5.41) is 8.12. The van der Waals surface area contributed by atoms with Crippen molar-refractivity contribution in [1.29, 1.82) is 0 Å². The topological polar surface area (TPSA) is 39.1 Å². The lowest BCUT2D eigenvalue weighted by atomic mass is 9.91. The number of rotatable bonds is 6. The zero-order chi connectivity index (χ0) is 13.7. The molecule has 2 unspecified atom stereocenters. The fourth-order valence-corrected chi connectivity index (χ4v) is 3.35. The van der Waals surface area contributed by atoms with E-state index >= 15 is 0 Å². The van der Waals surface area contributed by atoms with E-state index in [1.807, 2.05) is 6.20 Å². The van der Waals surface area contributed by atoms with Gasteiger partial charge in [0.25, 0.3) is 0 Å². The summed E-state index contributed by atoms with van der Waals surface area (Å²) in [7, 11) is 0. The predicted molar refractivity (Wildman–Crippen MR) is 80.2 cm³/mol. The Balaban J connectivity index is 2.24. The van der Waals surface area contributed by atoms with Gasteiger partial charge in [0.2, 0.25) is 0 Å². The van der Waals surface area contributed by atoms with Crippen molar-refractivity contribution in [2.24, 2.45) is 5.92 Å². The second-order valence-corrected chi connectivity index (χ2v) is 5.97. The van der Waals surface area contributed by atoms with Crippen molar-refractivity contribution >= 4 is 15.9 Å². The molecule has 5 heteroatoms. The van der Waals surface area contributed by atoms with Crippen LogP contribution in [0.15, 0.2) is 10.7 Å². The van der Waals surface area contributed by atoms with Gasteiger partial charge < -0.3 is 10.1 Å². The third kappa shape index (κ3) is 3.58. The smallest absolute Gasteiger partial charge is 0.0699 e. The van der Waals surface area contributed by atoms with E-state index in [9.17, 15) is 0 Å². The molecule has 2 heterocycles. The van der Waals surface area contributed by atoms with E-state index in [4.69, 9.17) is 4.74 Å². The molecular weight excluding hydrogens is 306 g/mol. The summed E-state index contributed by atoms with van der Waals surface area (Å²) in [6.07, 6.45) is 5.40. The molecule has 1 aliphatic heterocycles. The lowest BCUT2D eigenvalue weighted by Gasteiger charge is -2.31. The van der Waals surface area contributed by atoms with Gasteiger partial charge in [-0.2, -0.15) is 5.10 Å². The molecule has 2 atom stereocenters. The molecule has 1 N–H and O–H groups in total. The highest BCUT2D eigenvalue weighted by Crippen LogP contribution is 2.33. The molecule has 0 radical (unpaired) electrons. The van der Waals surface area contributed by atoms with Gasteiger partial charge in [0.1, 0.15) is 0 Å². The summed E-state index contributed by atoms with van der Waals surface area (Å²) >= 11 is 3.66. The van der Waals surface area contributed by atoms with Gasteiger partial charge in [0.15, 0.2) is 0 Å². The van der Waals surface area contributed by atoms with E-state index in [2.05, 4.69) is 44.9 Å². The Morgan fingerprint density at radius 3 is 3.05 bits per heavy atom. The average Bonchev–Trinajstić information content (AvgIpc) is 2.79. The average molecular weight is 330 g/mol. The van der Waals surface area contributed by atoms with Crippen LogP contribution in [0.25, 0.3) is 0 Å². The number of aromatic nitrogens is 2. The Hall–Kier alpha value is -0.390. The van der Waals surface area contributed by atoms with Crippen LogP contribution >= 0.6 is 15.9 Å². The minimum atomic E-state index is 0.328. The SMILES string of the molecule is CCCn1ncc(Br)c1C(NCC)C1CCCOC1. The van der Waals surface area contributed by atoms with Crippen LogP contribution in [0, 0.1) is 5.92 Å². The van der Waals surface area contributed by atoms with Gasteiger partial charge in [0.05, 0.1) is 29.0 Å². The summed E-state index contributed by atoms with van der Waals surface area (Å²) in [6, 6.07) is 0.328. The van der Waals surface area contributed by atoms with Crippen molar-refractivity contribution < 1.29 is 4.74 Å². The molecule has 1 fully saturated rings. The van der Waals surface area contributed by atoms with Crippen LogP contribution in [0.3, 0.4) is 0 Å². The monoisotopic (exact) mass is 329 g/mol. The van der Waals surface area contributed by atoms with Gasteiger partial charge >= 0.3 is 0 Å². The highest BCUT2D eigenvalue weighted by Gasteiger charge is 2.29. The number of nitrogens with one attached hydrogen (secondary N) is 1. The second kappa shape index (κ2) is 7.41. The third-order valence-corrected chi connectivity index (χ3v) is 4.27. The van der Waals surface area contributed by atoms with Crippen molar-refractivity contribution in [3.05, 3.63) is 16.4 Å². The quantitative estimate of drug-likeness (QED) is 0.871. The maximum absolute atomic E-state index is 5.66. The molecule has 4 nitrogen and oxygen atoms in total. The largest absolute Gasteiger partial charge is 0.381 e. The van der Waals surface area contributed by atoms with E-state index in [-0.39, 0.29) is 0 Å². The van der Waals surface area contributed by atoms with Gasteiger partial charge in [-0.25, -0.2) is 0 Å². The summed E-state index contributed by atoms with van der Waals surface area (Å²) in [5.41, 5.74) is 1.28. The number of nitrogens with zero attached hydrogens (tertiary/aromatic N) is 2. The minimum Gasteiger partial charge on any atom is -0.381 e. The molecule has 19 heavy (non-hydrogen) atoms. The number of aryl methyl sites for hydroxylation is 1. The first kappa shape index (κ1) is 15.0. The van der Waals surface area contributed by atoms with Crippen molar-refractivity contribution in [1.82, 2.24) is 15.1 Å². The number of hydrogen-bond acceptors (Lipinski definition) is 3. The normalized spacial score (nSPS) is 21.5. The Morgan fingerprint density at radius 1 is 1.58 bits per heavy atom. The van der Waals surface area contributed by atoms with Crippen LogP contribution in [0.4, 0.5) is 0 Å². The summed E-state index contributed by atoms with van der Waals surface area (Å²) in [6.45, 7) is 8.03. The molecule has 1 aromatic heterocycles. The zero-order valence-electron chi connectivity index (χ0n) is 11.9. The maximum atomic E-state index is 5.66. The van der Waals surface area contributed by atoms with E-state index in [0.717, 1.165) is 43.6 Å². The van der Waals surface area contributed by atoms with Crippen LogP contribution in [0.2, 0.25) is 0 Å². The molecule has 0 spiro atoms. The Kier molecular flexibility index (Phi) is 5.85. The van der Waals surface area contributed by atoms with Crippen molar-refractivity contribution in [2.45, 2.75) is 45.7 Å². The van der Waals surface area contributed by atoms with Crippen LogP contribution in [0.1, 0.15) is 44.8 Å². The van der Waals surface area contributed by atoms with Gasteiger partial charge in [-0.05, 0) is 41.7 Å². The first-order chi connectivity index (χ1) is 9.27. The number of ether oxygens (including phenoxy) is 1. The highest BCUT2D eigenvalue weighted by atomic mass is 79.9. The van der Waals surface area contributed by atoms with E-state index in [1.165, 1.54) is 12.1 Å². The molecule has 0 aromatic carbocycles. The predicted octanol–water partition coefficient (Wildman–Crippen LogP) is 3.13. The van der Waals surface area contributed by atoms with Gasteiger partial charge in [-0.3, -0.25) is 4.68 Å². The molecule has 0 saturated carbocycles. The minimum absolute atomic E-state index is 0.328. The number of hydrogen-bond donors (Lipinski definition) is 1. The van der Waals surface area contributed by atoms with Crippen molar-refractivity contribution in [2.75, 3.05) is 19.8 Å². The first-order valence-corrected chi connectivity index (χ1v) is 8.09. The van der Waals surface area contributed by atoms with Gasteiger partial charge in [-0.1, -0.05) is 13.8 Å². The Labute approximate surface area is 124 Å². The number of halogens is 1. The molecule has 1 aromatic rings. The molecule has 1 saturated heterocycles. The molecule has 108 valence electrons. The highest BCUT2D eigenvalue weighted by molar-refractivity contribution is 9.10. The Morgan fingerprint density at radius 2 is 2.42 bits per heavy atom. The van der Waals surface area contributed by atoms with Gasteiger partial charge in [0, 0.05) is 19.1 Å². The van der Waals surface area contributed by atoms with E-state index in [0.29, 0.717) is 12.0 Å². The fourth-order valence-electron chi connectivity index (χ4n) is 2.81. The molecule has 0 aliphatic carbocycles. The fraction of sp³-hybridized carbons (Fsp3) is 0.786. The molecule has 2 rings (SSSR count). The standard InChI is InChI=1S/C14H24BrN3O/c1-3-7-18-14(12(15)9-17-18)13(16-4-2)11-6-5-8-19-10-11/h9,11,13,16H,3-8,10H2,1-2H3. The van der Waals surface area contributed by atoms with Crippen molar-refractivity contribution in [3.8, 4) is 0 Å². The third-order valence-electron chi connectivity index (χ3n) is 3.65. The molecule has 1 aliphatic rings. The Bertz CT molecular complexity index is 388. The summed E-state index contributed by atoms with van der Waals surface area (Å²) in [5.74, 6) is 0.539. The lowest BCUT2D eigenvalue weighted by molar-refractivity contribution is 0.0378. The van der Waals surface area contributed by atoms with E-state index in [1.54, 1.807) is 0 Å². The maximum Gasteiger partial charge on any atom is 0.0699 e. The van der Waals surface area contributed by atoms with Gasteiger partial charge in [-0.15, -0.1) is 0 Å². The lowest BCUT2D eigenvalue weighted by Crippen LogP contribution is -2.35. The van der Waals surface area contributed by atoms with Crippen LogP contribution in [0.5, 0.6) is 0 Å². The second-order valence-electron chi connectivity index (χ2n) is 5.11. The molecule has 0 bridgehead atoms. The zero-order valence-corrected chi connectivity index (χ0v) is 13.4. The first-order valence-electron chi connectivity index (χ1n) is 7.30. The summed E-state index contributed by atoms with van der Waals surface area (Å²) in [4.78, 5) is 0. The van der Waals surface area contributed by atoms with Crippen molar-refractivity contribution in [3.63, 3.8) is 0 Å². The molecule has 0 amide bonds.